The Morgan fingerprint density at radius 2 is 2.33 bits per heavy atom. The predicted octanol–water partition coefficient (Wildman–Crippen LogP) is 3.83. The van der Waals surface area contributed by atoms with Gasteiger partial charge in [0.1, 0.15) is 0 Å². The molecule has 1 N–H and O–H groups in total. The molecule has 0 saturated carbocycles. The Kier molecular flexibility index (Phi) is 5.22. The topological polar surface area (TPSA) is 21.3 Å². The first-order valence-corrected chi connectivity index (χ1v) is 7.59. The molecule has 1 fully saturated rings. The summed E-state index contributed by atoms with van der Waals surface area (Å²) in [6.07, 6.45) is 2.42. The van der Waals surface area contributed by atoms with Crippen LogP contribution in [0.3, 0.4) is 0 Å². The molecule has 3 heteroatoms. The number of aryl methyl sites for hydroxylation is 1. The maximum absolute atomic E-state index is 5.64. The normalized spacial score (nSPS) is 21.8. The van der Waals surface area contributed by atoms with Gasteiger partial charge in [-0.1, -0.05) is 35.0 Å². The molecule has 1 aromatic carbocycles. The average molecular weight is 312 g/mol. The molecule has 2 atom stereocenters. The van der Waals surface area contributed by atoms with Gasteiger partial charge in [-0.15, -0.1) is 0 Å². The van der Waals surface area contributed by atoms with Crippen molar-refractivity contribution < 1.29 is 4.74 Å². The zero-order valence-electron chi connectivity index (χ0n) is 11.2. The Morgan fingerprint density at radius 1 is 1.50 bits per heavy atom. The fraction of sp³-hybridized carbons (Fsp3) is 0.600. The number of nitrogens with one attached hydrogen (secondary N) is 1. The fourth-order valence-corrected chi connectivity index (χ4v) is 3.40. The van der Waals surface area contributed by atoms with Crippen LogP contribution in [-0.4, -0.2) is 19.8 Å². The fourth-order valence-electron chi connectivity index (χ4n) is 2.66. The van der Waals surface area contributed by atoms with Crippen LogP contribution in [0.5, 0.6) is 0 Å². The van der Waals surface area contributed by atoms with Gasteiger partial charge in [0.25, 0.3) is 0 Å². The van der Waals surface area contributed by atoms with E-state index in [1.54, 1.807) is 0 Å². The molecule has 1 heterocycles. The van der Waals surface area contributed by atoms with Crippen molar-refractivity contribution in [3.05, 3.63) is 33.8 Å². The Labute approximate surface area is 118 Å². The molecular formula is C15H22BrNO. The highest BCUT2D eigenvalue weighted by molar-refractivity contribution is 9.10. The van der Waals surface area contributed by atoms with E-state index in [1.165, 1.54) is 28.4 Å². The molecule has 18 heavy (non-hydrogen) atoms. The third-order valence-electron chi connectivity index (χ3n) is 3.58. The first-order valence-electron chi connectivity index (χ1n) is 6.79. The van der Waals surface area contributed by atoms with Crippen molar-refractivity contribution >= 4 is 15.9 Å². The van der Waals surface area contributed by atoms with Crippen LogP contribution in [0.2, 0.25) is 0 Å². The average Bonchev–Trinajstić information content (AvgIpc) is 2.38. The van der Waals surface area contributed by atoms with Crippen LogP contribution in [0, 0.1) is 12.8 Å². The van der Waals surface area contributed by atoms with Crippen LogP contribution in [0.1, 0.15) is 36.9 Å². The lowest BCUT2D eigenvalue weighted by molar-refractivity contribution is 0.0392. The second-order valence-corrected chi connectivity index (χ2v) is 5.89. The summed E-state index contributed by atoms with van der Waals surface area (Å²) in [7, 11) is 0. The van der Waals surface area contributed by atoms with Gasteiger partial charge in [0.15, 0.2) is 0 Å². The van der Waals surface area contributed by atoms with Gasteiger partial charge in [-0.3, -0.25) is 0 Å². The molecule has 0 spiro atoms. The minimum atomic E-state index is 0.394. The zero-order valence-corrected chi connectivity index (χ0v) is 12.8. The van der Waals surface area contributed by atoms with Gasteiger partial charge < -0.3 is 10.1 Å². The third-order valence-corrected chi connectivity index (χ3v) is 4.27. The first-order chi connectivity index (χ1) is 8.72. The van der Waals surface area contributed by atoms with Crippen LogP contribution >= 0.6 is 15.9 Å². The largest absolute Gasteiger partial charge is 0.381 e. The van der Waals surface area contributed by atoms with E-state index in [-0.39, 0.29) is 0 Å². The minimum absolute atomic E-state index is 0.394. The molecule has 100 valence electrons. The Bertz CT molecular complexity index is 388. The summed E-state index contributed by atoms with van der Waals surface area (Å²) in [6, 6.07) is 7.02. The molecule has 0 aliphatic carbocycles. The van der Waals surface area contributed by atoms with Crippen molar-refractivity contribution in [2.24, 2.45) is 5.92 Å². The van der Waals surface area contributed by atoms with Crippen LogP contribution in [-0.2, 0) is 4.74 Å². The van der Waals surface area contributed by atoms with E-state index in [4.69, 9.17) is 4.74 Å². The Hall–Kier alpha value is -0.380. The monoisotopic (exact) mass is 311 g/mol. The number of hydrogen-bond donors (Lipinski definition) is 1. The van der Waals surface area contributed by atoms with E-state index in [9.17, 15) is 0 Å². The number of hydrogen-bond acceptors (Lipinski definition) is 2. The minimum Gasteiger partial charge on any atom is -0.381 e. The van der Waals surface area contributed by atoms with Gasteiger partial charge >= 0.3 is 0 Å². The van der Waals surface area contributed by atoms with Gasteiger partial charge in [-0.2, -0.15) is 0 Å². The third kappa shape index (κ3) is 3.34. The lowest BCUT2D eigenvalue weighted by atomic mass is 9.88. The summed E-state index contributed by atoms with van der Waals surface area (Å²) in [6.45, 7) is 7.07. The second kappa shape index (κ2) is 6.69. The molecule has 0 amide bonds. The molecule has 0 bridgehead atoms. The van der Waals surface area contributed by atoms with Crippen molar-refractivity contribution in [2.45, 2.75) is 32.7 Å². The highest BCUT2D eigenvalue weighted by atomic mass is 79.9. The highest BCUT2D eigenvalue weighted by Gasteiger charge is 2.26. The quantitative estimate of drug-likeness (QED) is 0.912. The maximum atomic E-state index is 5.64. The number of benzene rings is 1. The second-order valence-electron chi connectivity index (χ2n) is 5.04. The van der Waals surface area contributed by atoms with E-state index >= 15 is 0 Å². The number of rotatable bonds is 4. The van der Waals surface area contributed by atoms with Gasteiger partial charge in [-0.25, -0.2) is 0 Å². The summed E-state index contributed by atoms with van der Waals surface area (Å²) in [5.74, 6) is 0.581. The van der Waals surface area contributed by atoms with Crippen LogP contribution in [0.4, 0.5) is 0 Å². The zero-order chi connectivity index (χ0) is 13.0. The molecule has 1 aliphatic rings. The lowest BCUT2D eigenvalue weighted by Gasteiger charge is -2.31. The van der Waals surface area contributed by atoms with Crippen molar-refractivity contribution in [2.75, 3.05) is 19.8 Å². The maximum Gasteiger partial charge on any atom is 0.0512 e. The molecule has 2 rings (SSSR count). The Morgan fingerprint density at radius 3 is 2.94 bits per heavy atom. The van der Waals surface area contributed by atoms with Crippen LogP contribution < -0.4 is 5.32 Å². The molecule has 0 aromatic heterocycles. The van der Waals surface area contributed by atoms with Crippen molar-refractivity contribution in [3.8, 4) is 0 Å². The Balaban J connectivity index is 2.22. The van der Waals surface area contributed by atoms with E-state index in [0.717, 1.165) is 19.8 Å². The van der Waals surface area contributed by atoms with E-state index < -0.39 is 0 Å². The van der Waals surface area contributed by atoms with Gasteiger partial charge in [0.05, 0.1) is 6.61 Å². The first kappa shape index (κ1) is 14.0. The molecule has 1 aromatic rings. The molecular weight excluding hydrogens is 290 g/mol. The highest BCUT2D eigenvalue weighted by Crippen LogP contribution is 2.33. The van der Waals surface area contributed by atoms with Gasteiger partial charge in [0, 0.05) is 23.0 Å². The van der Waals surface area contributed by atoms with Crippen LogP contribution in [0.25, 0.3) is 0 Å². The summed E-state index contributed by atoms with van der Waals surface area (Å²) in [5.41, 5.74) is 2.65. The molecule has 1 aliphatic heterocycles. The lowest BCUT2D eigenvalue weighted by Crippen LogP contribution is -2.33. The number of halogens is 1. The van der Waals surface area contributed by atoms with E-state index in [1.807, 2.05) is 0 Å². The predicted molar refractivity (Wildman–Crippen MR) is 78.8 cm³/mol. The van der Waals surface area contributed by atoms with Crippen molar-refractivity contribution in [1.82, 2.24) is 5.32 Å². The van der Waals surface area contributed by atoms with Gasteiger partial charge in [0.2, 0.25) is 0 Å². The number of ether oxygens (including phenoxy) is 1. The molecule has 1 saturated heterocycles. The summed E-state index contributed by atoms with van der Waals surface area (Å²) >= 11 is 3.70. The molecule has 2 nitrogen and oxygen atoms in total. The SMILES string of the molecule is CCNC(c1ccc(C)cc1Br)C1CCCOC1. The molecule has 2 unspecified atom stereocenters. The summed E-state index contributed by atoms with van der Waals surface area (Å²) in [4.78, 5) is 0. The van der Waals surface area contributed by atoms with E-state index in [2.05, 4.69) is 53.3 Å². The summed E-state index contributed by atoms with van der Waals surface area (Å²) in [5, 5.41) is 3.62. The van der Waals surface area contributed by atoms with E-state index in [0.29, 0.717) is 12.0 Å². The van der Waals surface area contributed by atoms with Gasteiger partial charge in [-0.05, 0) is 43.5 Å². The standard InChI is InChI=1S/C15H22BrNO/c1-3-17-15(12-5-4-8-18-10-12)13-7-6-11(2)9-14(13)16/h6-7,9,12,15,17H,3-5,8,10H2,1-2H3. The van der Waals surface area contributed by atoms with Crippen molar-refractivity contribution in [1.29, 1.82) is 0 Å². The van der Waals surface area contributed by atoms with Crippen molar-refractivity contribution in [3.63, 3.8) is 0 Å². The smallest absolute Gasteiger partial charge is 0.0512 e. The summed E-state index contributed by atoms with van der Waals surface area (Å²) < 4.78 is 6.85. The molecule has 0 radical (unpaired) electrons. The van der Waals surface area contributed by atoms with Crippen LogP contribution in [0.15, 0.2) is 22.7 Å².